The third-order valence-corrected chi connectivity index (χ3v) is 7.65. The second-order valence-corrected chi connectivity index (χ2v) is 16.8. The Bertz CT molecular complexity index is 796. The van der Waals surface area contributed by atoms with Crippen molar-refractivity contribution >= 4 is 83.9 Å². The quantitative estimate of drug-likeness (QED) is 0.135. The fraction of sp³-hybridized carbons (Fsp3) is 0.588. The fourth-order valence-corrected chi connectivity index (χ4v) is 7.51. The standard InChI is InChI=1S/C17H27B2I2N8P2.Ag.BrH/c1-14(5-19(20)30)6-28-10-16(22-24-28)8-26-3-4-27(13-26)9-17-11-29(25-23-17)7-15(2)12-31(18)21;;/h3-4,10-11,13-15H,5-9,12,30H2,1-2H3;;1H/q-1;+1;/p-1. The first-order chi connectivity index (χ1) is 15.8. The Morgan fingerprint density at radius 2 is 1.58 bits per heavy atom. The first kappa shape index (κ1) is 30.5. The van der Waals surface area contributed by atoms with E-state index in [-0.39, 0.29) is 0 Å². The van der Waals surface area contributed by atoms with Gasteiger partial charge >= 0.3 is 32.0 Å². The summed E-state index contributed by atoms with van der Waals surface area (Å²) in [6, 6.07) is 0. The van der Waals surface area contributed by atoms with Gasteiger partial charge < -0.3 is 9.80 Å². The molecule has 33 heavy (non-hydrogen) atoms. The zero-order valence-electron chi connectivity index (χ0n) is 18.5. The van der Waals surface area contributed by atoms with Crippen molar-refractivity contribution in [1.82, 2.24) is 39.8 Å². The molecule has 2 aromatic heterocycles. The van der Waals surface area contributed by atoms with E-state index in [1.54, 1.807) is 0 Å². The summed E-state index contributed by atoms with van der Waals surface area (Å²) in [6.45, 7) is 9.65. The van der Waals surface area contributed by atoms with E-state index in [9.17, 15) is 0 Å². The molecule has 3 heterocycles. The van der Waals surface area contributed by atoms with E-state index in [2.05, 4.69) is 136 Å². The molecule has 0 spiro atoms. The van der Waals surface area contributed by atoms with Crippen LogP contribution in [0.15, 0.2) is 24.8 Å². The van der Waals surface area contributed by atoms with E-state index < -0.39 is 5.44 Å². The molecular formula is C17H27AgB2BrI2N8P2-. The zero-order valence-corrected chi connectivity index (χ0v) is 27.9. The molecule has 16 heteroatoms. The normalized spacial score (nSPS) is 15.9. The second kappa shape index (κ2) is 16.2. The molecule has 0 bridgehead atoms. The molecule has 4 unspecified atom stereocenters. The summed E-state index contributed by atoms with van der Waals surface area (Å²) in [4.78, 5) is 4.21. The van der Waals surface area contributed by atoms with Crippen molar-refractivity contribution in [1.29, 1.82) is 0 Å². The molecule has 0 fully saturated rings. The Balaban J connectivity index is 0.00000187. The van der Waals surface area contributed by atoms with Crippen molar-refractivity contribution in [2.75, 3.05) is 6.16 Å². The third-order valence-electron chi connectivity index (χ3n) is 4.72. The zero-order chi connectivity index (χ0) is 24.4. The van der Waals surface area contributed by atoms with Crippen LogP contribution in [0.25, 0.3) is 0 Å². The molecule has 3 rings (SSSR count). The van der Waals surface area contributed by atoms with Gasteiger partial charge in [0.05, 0.1) is 23.8 Å². The molecule has 2 aromatic rings. The molecule has 0 saturated heterocycles. The average Bonchev–Trinajstić information content (AvgIpc) is 3.45. The van der Waals surface area contributed by atoms with Gasteiger partial charge in [-0.3, -0.25) is 9.36 Å². The molecule has 0 N–H and O–H groups in total. The summed E-state index contributed by atoms with van der Waals surface area (Å²) in [5.74, 6) is 1.06. The van der Waals surface area contributed by atoms with Gasteiger partial charge in [0.25, 0.3) is 0 Å². The van der Waals surface area contributed by atoms with Crippen LogP contribution in [0.2, 0.25) is 6.32 Å². The van der Waals surface area contributed by atoms with Crippen molar-refractivity contribution < 1.29 is 18.9 Å². The minimum absolute atomic E-state index is 0.405. The van der Waals surface area contributed by atoms with Crippen LogP contribution in [0, 0.1) is 18.5 Å². The van der Waals surface area contributed by atoms with E-state index in [1.807, 2.05) is 34.2 Å². The second-order valence-electron chi connectivity index (χ2n) is 8.17. The monoisotopic (exact) mass is 867 g/mol. The van der Waals surface area contributed by atoms with Crippen LogP contribution in [0.5, 0.6) is 0 Å². The summed E-state index contributed by atoms with van der Waals surface area (Å²) < 4.78 is 4.46. The van der Waals surface area contributed by atoms with Gasteiger partial charge in [-0.2, -0.15) is 15.8 Å². The van der Waals surface area contributed by atoms with Crippen LogP contribution >= 0.6 is 72.0 Å². The number of halogens is 3. The molecular weight excluding hydrogens is 841 g/mol. The third kappa shape index (κ3) is 11.9. The Kier molecular flexibility index (Phi) is 15.0. The summed E-state index contributed by atoms with van der Waals surface area (Å²) in [6.07, 6.45) is 10.3. The van der Waals surface area contributed by atoms with Gasteiger partial charge in [-0.1, -0.05) is 58.1 Å². The average molecular weight is 869 g/mol. The molecule has 1 aliphatic heterocycles. The van der Waals surface area contributed by atoms with E-state index in [0.29, 0.717) is 29.2 Å². The van der Waals surface area contributed by atoms with Crippen LogP contribution < -0.4 is 0 Å². The van der Waals surface area contributed by atoms with Crippen LogP contribution in [0.1, 0.15) is 25.2 Å². The summed E-state index contributed by atoms with van der Waals surface area (Å²) >= 11 is 10.3. The summed E-state index contributed by atoms with van der Waals surface area (Å²) in [7, 11) is 8.79. The molecule has 2 radical (unpaired) electrons. The maximum absolute atomic E-state index is 5.94. The van der Waals surface area contributed by atoms with Crippen molar-refractivity contribution in [3.8, 4) is 0 Å². The maximum atomic E-state index is 5.94. The van der Waals surface area contributed by atoms with Crippen LogP contribution in [-0.2, 0) is 45.1 Å². The van der Waals surface area contributed by atoms with Crippen LogP contribution in [0.3, 0.4) is 0 Å². The molecule has 1 aliphatic rings. The Morgan fingerprint density at radius 3 is 2.03 bits per heavy atom. The number of aromatic nitrogens is 6. The Hall–Kier alpha value is 1.29. The molecule has 0 aliphatic carbocycles. The number of hydrogen-bond acceptors (Lipinski definition) is 6. The molecule has 184 valence electrons. The van der Waals surface area contributed by atoms with Crippen LogP contribution in [-0.4, -0.2) is 57.8 Å². The van der Waals surface area contributed by atoms with Gasteiger partial charge in [-0.05, 0) is 30.4 Å². The number of nitrogens with zero attached hydrogens (tertiary/aromatic N) is 8. The predicted molar refractivity (Wildman–Crippen MR) is 158 cm³/mol. The Morgan fingerprint density at radius 1 is 1.09 bits per heavy atom. The molecule has 0 aromatic carbocycles. The first-order valence-corrected chi connectivity index (χ1v) is 20.0. The van der Waals surface area contributed by atoms with Gasteiger partial charge in [0.1, 0.15) is 7.57 Å². The molecule has 0 amide bonds. The summed E-state index contributed by atoms with van der Waals surface area (Å²) in [5, 5.41) is 17.2. The minimum atomic E-state index is -0.405. The van der Waals surface area contributed by atoms with Crippen molar-refractivity contribution in [2.24, 2.45) is 11.8 Å². The topological polar surface area (TPSA) is 67.9 Å². The van der Waals surface area contributed by atoms with E-state index in [0.717, 1.165) is 37.0 Å². The molecule has 8 nitrogen and oxygen atoms in total. The Labute approximate surface area is 247 Å². The van der Waals surface area contributed by atoms with E-state index in [4.69, 9.17) is 7.57 Å². The first-order valence-electron chi connectivity index (χ1n) is 10.3. The number of hydrogen-bond donors (Lipinski definition) is 0. The molecule has 4 atom stereocenters. The number of rotatable bonds is 12. The van der Waals surface area contributed by atoms with Crippen molar-refractivity contribution in [3.05, 3.63) is 42.9 Å². The van der Waals surface area contributed by atoms with Gasteiger partial charge in [-0.15, -0.1) is 32.6 Å². The van der Waals surface area contributed by atoms with Crippen molar-refractivity contribution in [3.63, 3.8) is 0 Å². The van der Waals surface area contributed by atoms with Crippen molar-refractivity contribution in [2.45, 2.75) is 46.3 Å². The van der Waals surface area contributed by atoms with Crippen LogP contribution in [0.4, 0.5) is 0 Å². The molecule has 0 saturated carbocycles. The van der Waals surface area contributed by atoms with Gasteiger partial charge in [0, 0.05) is 26.2 Å². The van der Waals surface area contributed by atoms with E-state index >= 15 is 0 Å². The van der Waals surface area contributed by atoms with Gasteiger partial charge in [-0.25, -0.2) is 0 Å². The SMILES string of the molecule is [B]P(I)CC(C)Cn1cc(CN2C=CN(Cc3cn(CC(C)CB(P)I)nn3)[CH-]2)nn1.[Br][Ag]. The fourth-order valence-electron chi connectivity index (χ4n) is 3.45. The van der Waals surface area contributed by atoms with Gasteiger partial charge in [0.2, 0.25) is 4.29 Å². The van der Waals surface area contributed by atoms with Gasteiger partial charge in [0.15, 0.2) is 0 Å². The predicted octanol–water partition coefficient (Wildman–Crippen LogP) is 4.61. The van der Waals surface area contributed by atoms with E-state index in [1.165, 1.54) is 0 Å². The summed E-state index contributed by atoms with van der Waals surface area (Å²) in [5.41, 5.74) is 1.50.